The van der Waals surface area contributed by atoms with E-state index in [0.29, 0.717) is 29.5 Å². The van der Waals surface area contributed by atoms with E-state index >= 15 is 0 Å². The van der Waals surface area contributed by atoms with Crippen molar-refractivity contribution in [1.29, 1.82) is 0 Å². The molecule has 0 saturated carbocycles. The van der Waals surface area contributed by atoms with Gasteiger partial charge in [0.15, 0.2) is 9.84 Å². The molecule has 2 aromatic carbocycles. The Balaban J connectivity index is 2.03. The molecular formula is C19H24N2O4S. The maximum Gasteiger partial charge on any atom is 0.241 e. The van der Waals surface area contributed by atoms with Crippen molar-refractivity contribution in [3.05, 3.63) is 48.5 Å². The van der Waals surface area contributed by atoms with E-state index in [0.717, 1.165) is 6.26 Å². The van der Waals surface area contributed by atoms with Crippen LogP contribution in [0.5, 0.6) is 11.5 Å². The van der Waals surface area contributed by atoms with Gasteiger partial charge >= 0.3 is 0 Å². The number of benzene rings is 2. The summed E-state index contributed by atoms with van der Waals surface area (Å²) in [4.78, 5) is 12.2. The fourth-order valence-electron chi connectivity index (χ4n) is 2.36. The Labute approximate surface area is 154 Å². The molecule has 26 heavy (non-hydrogen) atoms. The van der Waals surface area contributed by atoms with E-state index in [2.05, 4.69) is 5.32 Å². The Bertz CT molecular complexity index is 861. The van der Waals surface area contributed by atoms with Gasteiger partial charge < -0.3 is 15.8 Å². The molecule has 0 aliphatic carbocycles. The Morgan fingerprint density at radius 3 is 2.35 bits per heavy atom. The van der Waals surface area contributed by atoms with E-state index in [1.807, 2.05) is 13.8 Å². The third-order valence-electron chi connectivity index (χ3n) is 3.65. The molecule has 1 atom stereocenters. The van der Waals surface area contributed by atoms with E-state index in [1.54, 1.807) is 36.4 Å². The number of amides is 1. The molecule has 2 rings (SSSR count). The first-order chi connectivity index (χ1) is 12.1. The third-order valence-corrected chi connectivity index (χ3v) is 4.76. The Kier molecular flexibility index (Phi) is 6.39. The fourth-order valence-corrected chi connectivity index (χ4v) is 3.02. The van der Waals surface area contributed by atoms with Gasteiger partial charge in [0, 0.05) is 11.9 Å². The zero-order valence-corrected chi connectivity index (χ0v) is 15.9. The molecule has 1 amide bonds. The molecule has 0 aromatic heterocycles. The SMILES string of the molecule is CC(C)C[C@H](N)C(=O)Nc1ccc(Oc2cccc(S(C)(=O)=O)c2)cc1. The third kappa shape index (κ3) is 5.86. The van der Waals surface area contributed by atoms with Gasteiger partial charge in [0.05, 0.1) is 10.9 Å². The second-order valence-corrected chi connectivity index (χ2v) is 8.61. The standard InChI is InChI=1S/C19H24N2O4S/c1-13(2)11-18(20)19(22)21-14-7-9-15(10-8-14)25-16-5-4-6-17(12-16)26(3,23)24/h4-10,12-13,18H,11,20H2,1-3H3,(H,21,22)/t18-/m0/s1. The molecule has 6 nitrogen and oxygen atoms in total. The molecule has 140 valence electrons. The summed E-state index contributed by atoms with van der Waals surface area (Å²) >= 11 is 0. The van der Waals surface area contributed by atoms with Crippen molar-refractivity contribution in [3.8, 4) is 11.5 Å². The van der Waals surface area contributed by atoms with Crippen LogP contribution in [0.1, 0.15) is 20.3 Å². The van der Waals surface area contributed by atoms with Crippen LogP contribution in [-0.4, -0.2) is 26.6 Å². The number of hydrogen-bond acceptors (Lipinski definition) is 5. The summed E-state index contributed by atoms with van der Waals surface area (Å²) in [5.41, 5.74) is 6.48. The van der Waals surface area contributed by atoms with E-state index in [-0.39, 0.29) is 10.8 Å². The Morgan fingerprint density at radius 2 is 1.77 bits per heavy atom. The molecule has 2 aromatic rings. The quantitative estimate of drug-likeness (QED) is 0.773. The zero-order valence-electron chi connectivity index (χ0n) is 15.1. The zero-order chi connectivity index (χ0) is 19.3. The van der Waals surface area contributed by atoms with Crippen LogP contribution in [0.4, 0.5) is 5.69 Å². The van der Waals surface area contributed by atoms with Gasteiger partial charge in [0.2, 0.25) is 5.91 Å². The fraction of sp³-hybridized carbons (Fsp3) is 0.316. The molecule has 0 aliphatic heterocycles. The second kappa shape index (κ2) is 8.33. The second-order valence-electron chi connectivity index (χ2n) is 6.60. The number of nitrogens with one attached hydrogen (secondary N) is 1. The van der Waals surface area contributed by atoms with E-state index < -0.39 is 15.9 Å². The lowest BCUT2D eigenvalue weighted by Crippen LogP contribution is -2.36. The Morgan fingerprint density at radius 1 is 1.12 bits per heavy atom. The van der Waals surface area contributed by atoms with Crippen molar-refractivity contribution in [1.82, 2.24) is 0 Å². The summed E-state index contributed by atoms with van der Waals surface area (Å²) in [6, 6.07) is 12.5. The van der Waals surface area contributed by atoms with Crippen molar-refractivity contribution in [2.75, 3.05) is 11.6 Å². The summed E-state index contributed by atoms with van der Waals surface area (Å²) in [5.74, 6) is 1.06. The molecule has 0 fully saturated rings. The predicted molar refractivity (Wildman–Crippen MR) is 102 cm³/mol. The average molecular weight is 376 g/mol. The number of hydrogen-bond donors (Lipinski definition) is 2. The highest BCUT2D eigenvalue weighted by atomic mass is 32.2. The predicted octanol–water partition coefficient (Wildman–Crippen LogP) is 3.19. The van der Waals surface area contributed by atoms with Crippen LogP contribution >= 0.6 is 0 Å². The number of rotatable bonds is 7. The highest BCUT2D eigenvalue weighted by Crippen LogP contribution is 2.25. The molecule has 0 bridgehead atoms. The normalized spacial score (nSPS) is 12.7. The number of anilines is 1. The van der Waals surface area contributed by atoms with E-state index in [4.69, 9.17) is 10.5 Å². The number of sulfone groups is 1. The largest absolute Gasteiger partial charge is 0.457 e. The van der Waals surface area contributed by atoms with Gasteiger partial charge in [-0.1, -0.05) is 19.9 Å². The van der Waals surface area contributed by atoms with Gasteiger partial charge in [-0.15, -0.1) is 0 Å². The minimum atomic E-state index is -3.29. The maximum absolute atomic E-state index is 12.0. The van der Waals surface area contributed by atoms with E-state index in [9.17, 15) is 13.2 Å². The van der Waals surface area contributed by atoms with Gasteiger partial charge in [0.25, 0.3) is 0 Å². The smallest absolute Gasteiger partial charge is 0.241 e. The first-order valence-electron chi connectivity index (χ1n) is 8.29. The molecular weight excluding hydrogens is 352 g/mol. The summed E-state index contributed by atoms with van der Waals surface area (Å²) in [6.07, 6.45) is 1.76. The van der Waals surface area contributed by atoms with Crippen molar-refractivity contribution in [2.24, 2.45) is 11.7 Å². The topological polar surface area (TPSA) is 98.5 Å². The van der Waals surface area contributed by atoms with Gasteiger partial charge in [-0.25, -0.2) is 8.42 Å². The molecule has 0 radical (unpaired) electrons. The van der Waals surface area contributed by atoms with Crippen LogP contribution in [0.15, 0.2) is 53.4 Å². The minimum absolute atomic E-state index is 0.193. The number of carbonyl (C=O) groups excluding carboxylic acids is 1. The van der Waals surface area contributed by atoms with Crippen LogP contribution in [-0.2, 0) is 14.6 Å². The van der Waals surface area contributed by atoms with Crippen LogP contribution < -0.4 is 15.8 Å². The number of ether oxygens (including phenoxy) is 1. The summed E-state index contributed by atoms with van der Waals surface area (Å²) in [7, 11) is -3.29. The van der Waals surface area contributed by atoms with Crippen molar-refractivity contribution in [2.45, 2.75) is 31.2 Å². The van der Waals surface area contributed by atoms with Crippen LogP contribution in [0.25, 0.3) is 0 Å². The molecule has 0 unspecified atom stereocenters. The van der Waals surface area contributed by atoms with Gasteiger partial charge in [0.1, 0.15) is 11.5 Å². The lowest BCUT2D eigenvalue weighted by atomic mass is 10.0. The molecule has 0 spiro atoms. The van der Waals surface area contributed by atoms with Gasteiger partial charge in [-0.2, -0.15) is 0 Å². The molecule has 7 heteroatoms. The lowest BCUT2D eigenvalue weighted by molar-refractivity contribution is -0.117. The lowest BCUT2D eigenvalue weighted by Gasteiger charge is -2.14. The molecule has 3 N–H and O–H groups in total. The number of carbonyl (C=O) groups is 1. The van der Waals surface area contributed by atoms with Gasteiger partial charge in [-0.05, 0) is 54.8 Å². The first kappa shape index (κ1) is 19.9. The van der Waals surface area contributed by atoms with Gasteiger partial charge in [-0.3, -0.25) is 4.79 Å². The maximum atomic E-state index is 12.0. The summed E-state index contributed by atoms with van der Waals surface area (Å²) < 4.78 is 28.9. The highest BCUT2D eigenvalue weighted by Gasteiger charge is 2.15. The highest BCUT2D eigenvalue weighted by molar-refractivity contribution is 7.90. The molecule has 0 aliphatic rings. The van der Waals surface area contributed by atoms with Crippen LogP contribution in [0.2, 0.25) is 0 Å². The average Bonchev–Trinajstić information content (AvgIpc) is 2.55. The summed E-state index contributed by atoms with van der Waals surface area (Å²) in [6.45, 7) is 4.02. The van der Waals surface area contributed by atoms with Crippen LogP contribution in [0, 0.1) is 5.92 Å². The molecule has 0 heterocycles. The van der Waals surface area contributed by atoms with Crippen molar-refractivity contribution >= 4 is 21.4 Å². The Hall–Kier alpha value is -2.38. The monoisotopic (exact) mass is 376 g/mol. The van der Waals surface area contributed by atoms with Crippen molar-refractivity contribution < 1.29 is 17.9 Å². The minimum Gasteiger partial charge on any atom is -0.457 e. The van der Waals surface area contributed by atoms with E-state index in [1.165, 1.54) is 12.1 Å². The molecule has 0 saturated heterocycles. The van der Waals surface area contributed by atoms with Crippen molar-refractivity contribution in [3.63, 3.8) is 0 Å². The van der Waals surface area contributed by atoms with Crippen LogP contribution in [0.3, 0.4) is 0 Å². The number of nitrogens with two attached hydrogens (primary N) is 1. The first-order valence-corrected chi connectivity index (χ1v) is 10.2. The summed E-state index contributed by atoms with van der Waals surface area (Å²) in [5, 5.41) is 2.77.